The number of fused-ring (bicyclic) bond motifs is 1. The summed E-state index contributed by atoms with van der Waals surface area (Å²) in [7, 11) is -2.36. The molecular weight excluding hydrogens is 570 g/mol. The van der Waals surface area contributed by atoms with Crippen molar-refractivity contribution in [3.8, 4) is 5.75 Å². The zero-order valence-electron chi connectivity index (χ0n) is 22.7. The van der Waals surface area contributed by atoms with Gasteiger partial charge in [0.2, 0.25) is 11.5 Å². The molecule has 2 aromatic rings. The van der Waals surface area contributed by atoms with Crippen LogP contribution in [0.4, 0.5) is 33.7 Å². The standard InChI is InChI=1S/C19H18F4N2O5S.C8H13NO/c1-18(2,19(21,22)23)30-17(26)24-13-5-8-16-15(11-13)25(9-10-29-16)31(27,28)14-6-3-12(20)4-7-14;1-9-7(10)6-5-8(6)3-2-4-8/h3-8,11H,9-10H2,1-2H3,(H,24,26);6H,2-5H2,1H3,(H,9,10). The van der Waals surface area contributed by atoms with Gasteiger partial charge in [-0.15, -0.1) is 0 Å². The van der Waals surface area contributed by atoms with Crippen LogP contribution in [0.5, 0.6) is 5.75 Å². The summed E-state index contributed by atoms with van der Waals surface area (Å²) in [6.45, 7) is 1.37. The molecule has 2 saturated carbocycles. The van der Waals surface area contributed by atoms with E-state index in [4.69, 9.17) is 4.74 Å². The van der Waals surface area contributed by atoms with Crippen LogP contribution in [-0.4, -0.2) is 52.4 Å². The van der Waals surface area contributed by atoms with Gasteiger partial charge in [0, 0.05) is 18.7 Å². The Morgan fingerprint density at radius 2 is 1.76 bits per heavy atom. The van der Waals surface area contributed by atoms with Crippen molar-refractivity contribution >= 4 is 33.4 Å². The Morgan fingerprint density at radius 3 is 2.29 bits per heavy atom. The van der Waals surface area contributed by atoms with Gasteiger partial charge in [-0.3, -0.25) is 14.4 Å². The van der Waals surface area contributed by atoms with E-state index in [-0.39, 0.29) is 41.1 Å². The number of alkyl halides is 3. The van der Waals surface area contributed by atoms with Crippen LogP contribution in [-0.2, 0) is 19.6 Å². The van der Waals surface area contributed by atoms with E-state index < -0.39 is 33.7 Å². The molecule has 41 heavy (non-hydrogen) atoms. The lowest BCUT2D eigenvalue weighted by Gasteiger charge is -2.31. The molecule has 5 rings (SSSR count). The van der Waals surface area contributed by atoms with E-state index in [1.165, 1.54) is 37.5 Å². The third kappa shape index (κ3) is 6.36. The first-order valence-electron chi connectivity index (χ1n) is 12.9. The summed E-state index contributed by atoms with van der Waals surface area (Å²) in [5, 5.41) is 4.86. The van der Waals surface area contributed by atoms with E-state index in [0.717, 1.165) is 35.0 Å². The predicted octanol–water partition coefficient (Wildman–Crippen LogP) is 5.23. The molecule has 2 fully saturated rings. The summed E-state index contributed by atoms with van der Waals surface area (Å²) < 4.78 is 88.8. The second-order valence-corrected chi connectivity index (χ2v) is 12.5. The van der Waals surface area contributed by atoms with Gasteiger partial charge in [-0.25, -0.2) is 17.6 Å². The molecule has 14 heteroatoms. The van der Waals surface area contributed by atoms with Crippen molar-refractivity contribution in [2.24, 2.45) is 11.3 Å². The van der Waals surface area contributed by atoms with E-state index in [1.807, 2.05) is 0 Å². The van der Waals surface area contributed by atoms with Crippen LogP contribution in [0.25, 0.3) is 0 Å². The Bertz CT molecular complexity index is 1410. The fraction of sp³-hybridized carbons (Fsp3) is 0.481. The van der Waals surface area contributed by atoms with Crippen molar-refractivity contribution in [1.29, 1.82) is 0 Å². The van der Waals surface area contributed by atoms with Gasteiger partial charge in [0.1, 0.15) is 18.2 Å². The van der Waals surface area contributed by atoms with E-state index in [1.54, 1.807) is 7.05 Å². The minimum absolute atomic E-state index is 0.00784. The maximum absolute atomic E-state index is 13.2. The van der Waals surface area contributed by atoms with E-state index >= 15 is 0 Å². The highest BCUT2D eigenvalue weighted by Gasteiger charge is 2.60. The number of nitrogens with one attached hydrogen (secondary N) is 2. The van der Waals surface area contributed by atoms with E-state index in [0.29, 0.717) is 25.2 Å². The minimum atomic E-state index is -4.78. The molecule has 0 radical (unpaired) electrons. The largest absolute Gasteiger partial charge is 0.489 e. The Labute approximate surface area is 235 Å². The Morgan fingerprint density at radius 1 is 1.10 bits per heavy atom. The quantitative estimate of drug-likeness (QED) is 0.454. The summed E-state index contributed by atoms with van der Waals surface area (Å²) in [5.74, 6) is 0.227. The van der Waals surface area contributed by atoms with Crippen molar-refractivity contribution in [2.75, 3.05) is 29.8 Å². The zero-order valence-corrected chi connectivity index (χ0v) is 23.5. The van der Waals surface area contributed by atoms with Gasteiger partial charge in [0.25, 0.3) is 10.0 Å². The Hall–Kier alpha value is -3.55. The van der Waals surface area contributed by atoms with Crippen molar-refractivity contribution in [2.45, 2.75) is 56.2 Å². The summed E-state index contributed by atoms with van der Waals surface area (Å²) in [5.41, 5.74) is -2.18. The Balaban J connectivity index is 0.000000322. The zero-order chi connectivity index (χ0) is 30.2. The van der Waals surface area contributed by atoms with Crippen LogP contribution in [0.3, 0.4) is 0 Å². The van der Waals surface area contributed by atoms with Crippen LogP contribution in [0.2, 0.25) is 0 Å². The van der Waals surface area contributed by atoms with Gasteiger partial charge >= 0.3 is 12.3 Å². The van der Waals surface area contributed by atoms with Crippen LogP contribution in [0.1, 0.15) is 39.5 Å². The second-order valence-electron chi connectivity index (χ2n) is 10.7. The highest BCUT2D eigenvalue weighted by Crippen LogP contribution is 2.65. The lowest BCUT2D eigenvalue weighted by Crippen LogP contribution is -2.44. The van der Waals surface area contributed by atoms with Gasteiger partial charge < -0.3 is 14.8 Å². The molecule has 224 valence electrons. The second kappa shape index (κ2) is 11.0. The van der Waals surface area contributed by atoms with E-state index in [9.17, 15) is 35.6 Å². The maximum Gasteiger partial charge on any atom is 0.427 e. The SMILES string of the molecule is CC(C)(OC(=O)Nc1ccc2c(c1)N(S(=O)(=O)c1ccc(F)cc1)CCO2)C(F)(F)F.CNC(=O)C1CC12CCC2. The number of rotatable bonds is 5. The number of nitrogens with zero attached hydrogens (tertiary/aromatic N) is 1. The average molecular weight is 602 g/mol. The maximum atomic E-state index is 13.2. The van der Waals surface area contributed by atoms with Crippen molar-refractivity contribution < 1.29 is 45.0 Å². The number of carbonyl (C=O) groups is 2. The molecular formula is C27H31F4N3O6S. The normalized spacial score (nSPS) is 19.0. The molecule has 3 aliphatic rings. The first-order chi connectivity index (χ1) is 19.1. The van der Waals surface area contributed by atoms with E-state index in [2.05, 4.69) is 15.4 Å². The number of benzene rings is 2. The number of ether oxygens (including phenoxy) is 2. The first kappa shape index (κ1) is 30.4. The highest BCUT2D eigenvalue weighted by molar-refractivity contribution is 7.92. The minimum Gasteiger partial charge on any atom is -0.489 e. The number of sulfonamides is 1. The van der Waals surface area contributed by atoms with Crippen molar-refractivity contribution in [1.82, 2.24) is 5.32 Å². The molecule has 0 bridgehead atoms. The number of hydrogen-bond acceptors (Lipinski definition) is 6. The topological polar surface area (TPSA) is 114 Å². The summed E-state index contributed by atoms with van der Waals surface area (Å²) >= 11 is 0. The molecule has 1 aliphatic heterocycles. The molecule has 2 aromatic carbocycles. The number of carbonyl (C=O) groups excluding carboxylic acids is 2. The van der Waals surface area contributed by atoms with Gasteiger partial charge in [-0.05, 0) is 81.0 Å². The summed E-state index contributed by atoms with van der Waals surface area (Å²) in [6.07, 6.45) is -1.06. The molecule has 9 nitrogen and oxygen atoms in total. The lowest BCUT2D eigenvalue weighted by molar-refractivity contribution is -0.242. The Kier molecular flexibility index (Phi) is 8.18. The number of anilines is 2. The number of hydrogen-bond donors (Lipinski definition) is 2. The predicted molar refractivity (Wildman–Crippen MR) is 142 cm³/mol. The fourth-order valence-electron chi connectivity index (χ4n) is 4.76. The molecule has 1 unspecified atom stereocenters. The third-order valence-electron chi connectivity index (χ3n) is 7.56. The summed E-state index contributed by atoms with van der Waals surface area (Å²) in [6, 6.07) is 8.16. The van der Waals surface area contributed by atoms with Gasteiger partial charge in [0.05, 0.1) is 17.1 Å². The molecule has 1 spiro atoms. The summed E-state index contributed by atoms with van der Waals surface area (Å²) in [4.78, 5) is 22.9. The van der Waals surface area contributed by atoms with Crippen LogP contribution < -0.4 is 19.7 Å². The van der Waals surface area contributed by atoms with Crippen LogP contribution in [0.15, 0.2) is 47.4 Å². The number of halogens is 4. The molecule has 2 amide bonds. The van der Waals surface area contributed by atoms with Gasteiger partial charge in [-0.1, -0.05) is 6.42 Å². The molecule has 1 atom stereocenters. The highest BCUT2D eigenvalue weighted by atomic mass is 32.2. The molecule has 0 aromatic heterocycles. The van der Waals surface area contributed by atoms with Gasteiger partial charge in [-0.2, -0.15) is 13.2 Å². The first-order valence-corrected chi connectivity index (χ1v) is 14.4. The van der Waals surface area contributed by atoms with Crippen LogP contribution in [0, 0.1) is 17.2 Å². The van der Waals surface area contributed by atoms with Crippen LogP contribution >= 0.6 is 0 Å². The molecule has 0 saturated heterocycles. The molecule has 2 aliphatic carbocycles. The lowest BCUT2D eigenvalue weighted by atomic mass is 9.80. The van der Waals surface area contributed by atoms with Crippen molar-refractivity contribution in [3.05, 3.63) is 48.3 Å². The molecule has 2 N–H and O–H groups in total. The smallest absolute Gasteiger partial charge is 0.427 e. The third-order valence-corrected chi connectivity index (χ3v) is 9.39. The number of amides is 2. The fourth-order valence-corrected chi connectivity index (χ4v) is 6.21. The average Bonchev–Trinajstić information content (AvgIpc) is 3.65. The molecule has 1 heterocycles. The van der Waals surface area contributed by atoms with Crippen molar-refractivity contribution in [3.63, 3.8) is 0 Å². The van der Waals surface area contributed by atoms with Gasteiger partial charge in [0.15, 0.2) is 0 Å². The monoisotopic (exact) mass is 601 g/mol.